The lowest BCUT2D eigenvalue weighted by Gasteiger charge is -2.14. The van der Waals surface area contributed by atoms with Crippen LogP contribution in [0.5, 0.6) is 0 Å². The maximum Gasteiger partial charge on any atom is 0.338 e. The molecule has 124 valence electrons. The van der Waals surface area contributed by atoms with Gasteiger partial charge in [-0.05, 0) is 38.5 Å². The number of benzene rings is 1. The smallest absolute Gasteiger partial charge is 0.338 e. The zero-order valence-corrected chi connectivity index (χ0v) is 14.0. The van der Waals surface area contributed by atoms with Gasteiger partial charge in [0.05, 0.1) is 23.6 Å². The number of carbonyl (C=O) groups is 1. The van der Waals surface area contributed by atoms with Crippen molar-refractivity contribution in [2.24, 2.45) is 0 Å². The molecular weight excluding hydrogens is 322 g/mol. The third kappa shape index (κ3) is 3.57. The molecule has 0 aliphatic heterocycles. The van der Waals surface area contributed by atoms with Crippen molar-refractivity contribution in [3.05, 3.63) is 41.0 Å². The molecule has 2 rings (SSSR count). The van der Waals surface area contributed by atoms with Crippen LogP contribution in [0, 0.1) is 13.8 Å². The number of aryl methyl sites for hydroxylation is 1. The third-order valence-corrected chi connectivity index (χ3v) is 4.91. The molecule has 0 unspecified atom stereocenters. The van der Waals surface area contributed by atoms with Gasteiger partial charge in [-0.3, -0.25) is 0 Å². The second kappa shape index (κ2) is 6.47. The summed E-state index contributed by atoms with van der Waals surface area (Å²) in [6.07, 6.45) is 0. The largest absolute Gasteiger partial charge is 0.465 e. The number of nitrogens with one attached hydrogen (secondary N) is 1. The summed E-state index contributed by atoms with van der Waals surface area (Å²) in [7, 11) is -2.64. The summed E-state index contributed by atoms with van der Waals surface area (Å²) >= 11 is 0. The Kier molecular flexibility index (Phi) is 4.81. The normalized spacial score (nSPS) is 12.9. The van der Waals surface area contributed by atoms with Gasteiger partial charge >= 0.3 is 5.97 Å². The van der Waals surface area contributed by atoms with Crippen molar-refractivity contribution in [3.8, 4) is 0 Å². The van der Waals surface area contributed by atoms with Gasteiger partial charge in [0, 0.05) is 0 Å². The van der Waals surface area contributed by atoms with Crippen molar-refractivity contribution in [2.45, 2.75) is 31.7 Å². The Hall–Kier alpha value is -2.26. The molecule has 2 aromatic rings. The Morgan fingerprint density at radius 1 is 1.35 bits per heavy atom. The number of hydrogen-bond donors (Lipinski definition) is 1. The maximum atomic E-state index is 12.6. The fraction of sp³-hybridized carbons (Fsp3) is 0.357. The summed E-state index contributed by atoms with van der Waals surface area (Å²) in [5.74, 6) is -0.0251. The average Bonchev–Trinajstić information content (AvgIpc) is 2.93. The molecule has 1 atom stereocenters. The summed E-state index contributed by atoms with van der Waals surface area (Å²) in [6.45, 7) is 4.77. The van der Waals surface area contributed by atoms with Crippen LogP contribution < -0.4 is 4.72 Å². The molecule has 0 saturated carbocycles. The predicted octanol–water partition coefficient (Wildman–Crippen LogP) is 1.51. The molecule has 1 aromatic carbocycles. The van der Waals surface area contributed by atoms with Crippen LogP contribution >= 0.6 is 0 Å². The molecule has 1 N–H and O–H groups in total. The van der Waals surface area contributed by atoms with Crippen molar-refractivity contribution in [1.82, 2.24) is 14.9 Å². The second-order valence-corrected chi connectivity index (χ2v) is 6.63. The number of hydrogen-bond acceptors (Lipinski definition) is 7. The SMILES string of the molecule is COC(=O)c1cccc(S(=O)(=O)N[C@@H](C)c2nc(C)no2)c1C. The molecule has 0 amide bonds. The molecule has 0 saturated heterocycles. The fourth-order valence-electron chi connectivity index (χ4n) is 2.07. The van der Waals surface area contributed by atoms with Gasteiger partial charge in [0.1, 0.15) is 0 Å². The number of nitrogens with zero attached hydrogens (tertiary/aromatic N) is 2. The number of sulfonamides is 1. The first kappa shape index (κ1) is 17.1. The monoisotopic (exact) mass is 339 g/mol. The van der Waals surface area contributed by atoms with Gasteiger partial charge in [0.15, 0.2) is 5.82 Å². The summed E-state index contributed by atoms with van der Waals surface area (Å²) in [4.78, 5) is 15.7. The molecule has 0 bridgehead atoms. The van der Waals surface area contributed by atoms with Crippen LogP contribution in [0.3, 0.4) is 0 Å². The molecule has 0 aliphatic rings. The number of esters is 1. The van der Waals surface area contributed by atoms with Crippen molar-refractivity contribution >= 4 is 16.0 Å². The number of methoxy groups -OCH3 is 1. The van der Waals surface area contributed by atoms with Crippen LogP contribution in [-0.2, 0) is 14.8 Å². The molecule has 23 heavy (non-hydrogen) atoms. The van der Waals surface area contributed by atoms with E-state index >= 15 is 0 Å². The molecule has 1 heterocycles. The van der Waals surface area contributed by atoms with Gasteiger partial charge in [-0.1, -0.05) is 11.2 Å². The Labute approximate surface area is 133 Å². The quantitative estimate of drug-likeness (QED) is 0.822. The Bertz CT molecular complexity index is 829. The van der Waals surface area contributed by atoms with Crippen LogP contribution in [0.2, 0.25) is 0 Å². The molecular formula is C14H17N3O5S. The van der Waals surface area contributed by atoms with Crippen molar-refractivity contribution in [1.29, 1.82) is 0 Å². The van der Waals surface area contributed by atoms with Crippen molar-refractivity contribution < 1.29 is 22.5 Å². The second-order valence-electron chi connectivity index (χ2n) is 4.94. The minimum absolute atomic E-state index is 0.0107. The maximum absolute atomic E-state index is 12.6. The predicted molar refractivity (Wildman–Crippen MR) is 80.3 cm³/mol. The van der Waals surface area contributed by atoms with Crippen LogP contribution in [0.25, 0.3) is 0 Å². The topological polar surface area (TPSA) is 111 Å². The molecule has 0 spiro atoms. The summed E-state index contributed by atoms with van der Waals surface area (Å²) < 4.78 is 37.2. The minimum Gasteiger partial charge on any atom is -0.465 e. The van der Waals surface area contributed by atoms with Crippen molar-refractivity contribution in [3.63, 3.8) is 0 Å². The Morgan fingerprint density at radius 3 is 2.61 bits per heavy atom. The Morgan fingerprint density at radius 2 is 2.04 bits per heavy atom. The fourth-order valence-corrected chi connectivity index (χ4v) is 3.54. The summed E-state index contributed by atoms with van der Waals surface area (Å²) in [5.41, 5.74) is 0.498. The van der Waals surface area contributed by atoms with E-state index in [1.165, 1.54) is 25.3 Å². The highest BCUT2D eigenvalue weighted by atomic mass is 32.2. The van der Waals surface area contributed by atoms with Gasteiger partial charge in [0.25, 0.3) is 0 Å². The zero-order chi connectivity index (χ0) is 17.2. The van der Waals surface area contributed by atoms with Crippen LogP contribution in [0.1, 0.15) is 40.6 Å². The van der Waals surface area contributed by atoms with E-state index in [1.54, 1.807) is 20.8 Å². The van der Waals surface area contributed by atoms with Gasteiger partial charge in [-0.2, -0.15) is 9.71 Å². The highest BCUT2D eigenvalue weighted by Gasteiger charge is 2.25. The summed E-state index contributed by atoms with van der Waals surface area (Å²) in [6, 6.07) is 3.69. The molecule has 0 radical (unpaired) electrons. The highest BCUT2D eigenvalue weighted by Crippen LogP contribution is 2.22. The first-order valence-electron chi connectivity index (χ1n) is 6.76. The van der Waals surface area contributed by atoms with Crippen LogP contribution in [0.15, 0.2) is 27.6 Å². The Balaban J connectivity index is 2.35. The van der Waals surface area contributed by atoms with E-state index in [4.69, 9.17) is 4.52 Å². The first-order chi connectivity index (χ1) is 10.8. The summed E-state index contributed by atoms with van der Waals surface area (Å²) in [5, 5.41) is 3.62. The van der Waals surface area contributed by atoms with E-state index in [0.717, 1.165) is 0 Å². The minimum atomic E-state index is -3.88. The molecule has 9 heteroatoms. The van der Waals surface area contributed by atoms with E-state index < -0.39 is 22.0 Å². The molecule has 8 nitrogen and oxygen atoms in total. The lowest BCUT2D eigenvalue weighted by atomic mass is 10.1. The molecule has 1 aromatic heterocycles. The number of carbonyl (C=O) groups excluding carboxylic acids is 1. The zero-order valence-electron chi connectivity index (χ0n) is 13.2. The van der Waals surface area contributed by atoms with Gasteiger partial charge in [-0.15, -0.1) is 0 Å². The molecule has 0 fully saturated rings. The molecule has 0 aliphatic carbocycles. The number of ether oxygens (including phenoxy) is 1. The number of aromatic nitrogens is 2. The van der Waals surface area contributed by atoms with Gasteiger partial charge < -0.3 is 9.26 Å². The number of rotatable bonds is 5. The lowest BCUT2D eigenvalue weighted by molar-refractivity contribution is 0.0599. The van der Waals surface area contributed by atoms with Crippen molar-refractivity contribution in [2.75, 3.05) is 7.11 Å². The van der Waals surface area contributed by atoms with E-state index in [2.05, 4.69) is 19.6 Å². The van der Waals surface area contributed by atoms with E-state index in [9.17, 15) is 13.2 Å². The standard InChI is InChI=1S/C14H17N3O5S/c1-8-11(14(18)21-4)6-5-7-12(8)23(19,20)17-9(2)13-15-10(3)16-22-13/h5-7,9,17H,1-4H3/t9-/m0/s1. The van der Waals surface area contributed by atoms with Gasteiger partial charge in [0.2, 0.25) is 15.9 Å². The highest BCUT2D eigenvalue weighted by molar-refractivity contribution is 7.89. The first-order valence-corrected chi connectivity index (χ1v) is 8.25. The van der Waals surface area contributed by atoms with Crippen LogP contribution in [0.4, 0.5) is 0 Å². The lowest BCUT2D eigenvalue weighted by Crippen LogP contribution is -2.28. The van der Waals surface area contributed by atoms with Crippen LogP contribution in [-0.4, -0.2) is 31.6 Å². The third-order valence-electron chi connectivity index (χ3n) is 3.22. The average molecular weight is 339 g/mol. The van der Waals surface area contributed by atoms with E-state index in [0.29, 0.717) is 11.4 Å². The van der Waals surface area contributed by atoms with Gasteiger partial charge in [-0.25, -0.2) is 13.2 Å². The van der Waals surface area contributed by atoms with E-state index in [-0.39, 0.29) is 16.3 Å². The van der Waals surface area contributed by atoms with E-state index in [1.807, 2.05) is 0 Å².